The fourth-order valence-corrected chi connectivity index (χ4v) is 1.90. The van der Waals surface area contributed by atoms with E-state index in [2.05, 4.69) is 0 Å². The summed E-state index contributed by atoms with van der Waals surface area (Å²) in [7, 11) is 0. The summed E-state index contributed by atoms with van der Waals surface area (Å²) in [5.74, 6) is -0.520. The van der Waals surface area contributed by atoms with Crippen molar-refractivity contribution in [2.75, 3.05) is 6.54 Å². The first-order valence-corrected chi connectivity index (χ1v) is 5.24. The summed E-state index contributed by atoms with van der Waals surface area (Å²) in [4.78, 5) is 21.2. The van der Waals surface area contributed by atoms with Gasteiger partial charge in [0.25, 0.3) is 0 Å². The maximum Gasteiger partial charge on any atom is 0.211 e. The molecule has 0 unspecified atom stereocenters. The molecule has 0 saturated heterocycles. The van der Waals surface area contributed by atoms with E-state index in [-0.39, 0.29) is 18.7 Å². The van der Waals surface area contributed by atoms with Gasteiger partial charge in [0.05, 0.1) is 5.92 Å². The monoisotopic (exact) mass is 241 g/mol. The van der Waals surface area contributed by atoms with Crippen molar-refractivity contribution in [2.45, 2.75) is 19.3 Å². The van der Waals surface area contributed by atoms with Crippen LogP contribution in [0.25, 0.3) is 0 Å². The van der Waals surface area contributed by atoms with Crippen molar-refractivity contribution < 1.29 is 9.72 Å². The van der Waals surface area contributed by atoms with E-state index in [4.69, 9.17) is 11.6 Å². The largest absolute Gasteiger partial charge is 0.300 e. The maximum absolute atomic E-state index is 11.1. The number of halogens is 1. The molecule has 1 aromatic rings. The molecule has 0 saturated carbocycles. The summed E-state index contributed by atoms with van der Waals surface area (Å²) in [5, 5.41) is 11.0. The molecule has 0 aliphatic carbocycles. The summed E-state index contributed by atoms with van der Waals surface area (Å²) in [5.41, 5.74) is 0.663. The molecule has 0 N–H and O–H groups in total. The second-order valence-corrected chi connectivity index (χ2v) is 4.05. The minimum absolute atomic E-state index is 0.0771. The van der Waals surface area contributed by atoms with Gasteiger partial charge in [-0.1, -0.05) is 29.8 Å². The topological polar surface area (TPSA) is 60.2 Å². The first-order valence-electron chi connectivity index (χ1n) is 4.86. The Hall–Kier alpha value is -1.42. The lowest BCUT2D eigenvalue weighted by molar-refractivity contribution is -0.483. The van der Waals surface area contributed by atoms with Crippen LogP contribution in [0.15, 0.2) is 24.3 Å². The third-order valence-corrected chi connectivity index (χ3v) is 2.59. The number of carbonyl (C=O) groups excluding carboxylic acids is 1. The van der Waals surface area contributed by atoms with Crippen molar-refractivity contribution in [3.63, 3.8) is 0 Å². The van der Waals surface area contributed by atoms with Crippen LogP contribution in [0, 0.1) is 10.1 Å². The highest BCUT2D eigenvalue weighted by Gasteiger charge is 2.21. The minimum atomic E-state index is -0.443. The van der Waals surface area contributed by atoms with E-state index >= 15 is 0 Å². The minimum Gasteiger partial charge on any atom is -0.300 e. The summed E-state index contributed by atoms with van der Waals surface area (Å²) < 4.78 is 0. The van der Waals surface area contributed by atoms with Crippen molar-refractivity contribution in [2.24, 2.45) is 0 Å². The van der Waals surface area contributed by atoms with E-state index in [9.17, 15) is 14.9 Å². The molecule has 86 valence electrons. The van der Waals surface area contributed by atoms with Gasteiger partial charge < -0.3 is 4.79 Å². The molecule has 0 aromatic heterocycles. The van der Waals surface area contributed by atoms with Crippen molar-refractivity contribution in [3.8, 4) is 0 Å². The van der Waals surface area contributed by atoms with Gasteiger partial charge in [-0.05, 0) is 18.6 Å². The summed E-state index contributed by atoms with van der Waals surface area (Å²) >= 11 is 5.95. The molecule has 0 fully saturated rings. The predicted molar refractivity (Wildman–Crippen MR) is 61.4 cm³/mol. The highest BCUT2D eigenvalue weighted by atomic mass is 35.5. The lowest BCUT2D eigenvalue weighted by atomic mass is 9.94. The standard InChI is InChI=1S/C11H12ClNO3/c1-8(14)6-9(7-13(15)16)10-4-2-3-5-11(10)12/h2-5,9H,6-7H2,1H3/t9-/m0/s1. The number of benzene rings is 1. The van der Waals surface area contributed by atoms with Crippen molar-refractivity contribution in [3.05, 3.63) is 45.0 Å². The lowest BCUT2D eigenvalue weighted by Crippen LogP contribution is -2.15. The average molecular weight is 242 g/mol. The van der Waals surface area contributed by atoms with Crippen molar-refractivity contribution in [1.82, 2.24) is 0 Å². The first-order chi connectivity index (χ1) is 7.50. The van der Waals surface area contributed by atoms with Gasteiger partial charge in [0.1, 0.15) is 5.78 Å². The Morgan fingerprint density at radius 1 is 1.50 bits per heavy atom. The Kier molecular flexibility index (Phi) is 4.43. The quantitative estimate of drug-likeness (QED) is 0.588. The number of carbonyl (C=O) groups is 1. The third-order valence-electron chi connectivity index (χ3n) is 2.25. The summed E-state index contributed by atoms with van der Waals surface area (Å²) in [6.07, 6.45) is 0.144. The van der Waals surface area contributed by atoms with E-state index in [1.54, 1.807) is 24.3 Å². The average Bonchev–Trinajstić information content (AvgIpc) is 2.15. The highest BCUT2D eigenvalue weighted by Crippen LogP contribution is 2.27. The van der Waals surface area contributed by atoms with Crippen molar-refractivity contribution >= 4 is 17.4 Å². The summed E-state index contributed by atoms with van der Waals surface area (Å²) in [6, 6.07) is 6.90. The fourth-order valence-electron chi connectivity index (χ4n) is 1.61. The molecule has 16 heavy (non-hydrogen) atoms. The van der Waals surface area contributed by atoms with E-state index in [0.717, 1.165) is 0 Å². The molecule has 4 nitrogen and oxygen atoms in total. The number of hydrogen-bond acceptors (Lipinski definition) is 3. The molecule has 1 rings (SSSR count). The molecular formula is C11H12ClNO3. The van der Waals surface area contributed by atoms with Crippen LogP contribution in [-0.4, -0.2) is 17.3 Å². The number of Topliss-reactive ketones (excluding diaryl/α,β-unsaturated/α-hetero) is 1. The smallest absolute Gasteiger partial charge is 0.211 e. The number of hydrogen-bond donors (Lipinski definition) is 0. The number of nitrogens with zero attached hydrogens (tertiary/aromatic N) is 1. The Bertz CT molecular complexity index is 390. The molecule has 0 spiro atoms. The molecule has 0 heterocycles. The van der Waals surface area contributed by atoms with Gasteiger partial charge in [0.15, 0.2) is 0 Å². The van der Waals surface area contributed by atoms with Crippen LogP contribution in [0.4, 0.5) is 0 Å². The van der Waals surface area contributed by atoms with Crippen LogP contribution >= 0.6 is 11.6 Å². The van der Waals surface area contributed by atoms with Gasteiger partial charge >= 0.3 is 0 Å². The van der Waals surface area contributed by atoms with E-state index < -0.39 is 10.8 Å². The van der Waals surface area contributed by atoms with Gasteiger partial charge in [-0.15, -0.1) is 0 Å². The highest BCUT2D eigenvalue weighted by molar-refractivity contribution is 6.31. The number of rotatable bonds is 5. The van der Waals surface area contributed by atoms with Crippen LogP contribution in [0.1, 0.15) is 24.8 Å². The van der Waals surface area contributed by atoms with Crippen molar-refractivity contribution in [1.29, 1.82) is 0 Å². The second-order valence-electron chi connectivity index (χ2n) is 3.64. The molecule has 0 bridgehead atoms. The molecule has 0 aliphatic heterocycles. The van der Waals surface area contributed by atoms with Crippen LogP contribution < -0.4 is 0 Å². The molecule has 0 amide bonds. The third kappa shape index (κ3) is 3.62. The predicted octanol–water partition coefficient (Wildman–Crippen LogP) is 2.68. The Balaban J connectivity index is 2.96. The Morgan fingerprint density at radius 3 is 2.62 bits per heavy atom. The molecular weight excluding hydrogens is 230 g/mol. The van der Waals surface area contributed by atoms with Gasteiger partial charge in [0.2, 0.25) is 6.54 Å². The van der Waals surface area contributed by atoms with Crippen LogP contribution in [-0.2, 0) is 4.79 Å². The van der Waals surface area contributed by atoms with Gasteiger partial charge in [0, 0.05) is 16.4 Å². The zero-order valence-corrected chi connectivity index (χ0v) is 9.61. The Morgan fingerprint density at radius 2 is 2.12 bits per heavy atom. The molecule has 0 aliphatic rings. The number of nitro groups is 1. The number of ketones is 1. The molecule has 1 atom stereocenters. The van der Waals surface area contributed by atoms with Crippen LogP contribution in [0.5, 0.6) is 0 Å². The van der Waals surface area contributed by atoms with E-state index in [0.29, 0.717) is 10.6 Å². The normalized spacial score (nSPS) is 12.1. The Labute approximate surface area is 98.4 Å². The lowest BCUT2D eigenvalue weighted by Gasteiger charge is -2.12. The zero-order valence-electron chi connectivity index (χ0n) is 8.85. The SMILES string of the molecule is CC(=O)C[C@@H](C[N+](=O)[O-])c1ccccc1Cl. The van der Waals surface area contributed by atoms with E-state index in [1.165, 1.54) is 6.92 Å². The van der Waals surface area contributed by atoms with Gasteiger partial charge in [-0.2, -0.15) is 0 Å². The van der Waals surface area contributed by atoms with Crippen LogP contribution in [0.3, 0.4) is 0 Å². The maximum atomic E-state index is 11.1. The zero-order chi connectivity index (χ0) is 12.1. The van der Waals surface area contributed by atoms with Crippen LogP contribution in [0.2, 0.25) is 5.02 Å². The van der Waals surface area contributed by atoms with E-state index in [1.807, 2.05) is 0 Å². The summed E-state index contributed by atoms with van der Waals surface area (Å²) in [6.45, 7) is 1.15. The molecule has 0 radical (unpaired) electrons. The second kappa shape index (κ2) is 5.61. The molecule has 5 heteroatoms. The fraction of sp³-hybridized carbons (Fsp3) is 0.364. The van der Waals surface area contributed by atoms with Gasteiger partial charge in [-0.3, -0.25) is 10.1 Å². The first kappa shape index (κ1) is 12.6. The molecule has 1 aromatic carbocycles. The van der Waals surface area contributed by atoms with Gasteiger partial charge in [-0.25, -0.2) is 0 Å².